The minimum Gasteiger partial charge on any atom is -0.353 e. The lowest BCUT2D eigenvalue weighted by molar-refractivity contribution is -0.123. The van der Waals surface area contributed by atoms with Gasteiger partial charge in [-0.05, 0) is 44.6 Å². The number of nitrogens with one attached hydrogen (secondary N) is 1. The van der Waals surface area contributed by atoms with E-state index in [9.17, 15) is 9.59 Å². The molecule has 2 heterocycles. The zero-order valence-electron chi connectivity index (χ0n) is 15.3. The first-order valence-electron chi connectivity index (χ1n) is 9.48. The van der Waals surface area contributed by atoms with Crippen LogP contribution in [0.15, 0.2) is 5.38 Å². The molecule has 1 unspecified atom stereocenters. The zero-order valence-corrected chi connectivity index (χ0v) is 16.2. The van der Waals surface area contributed by atoms with E-state index in [1.165, 1.54) is 23.3 Å². The van der Waals surface area contributed by atoms with E-state index >= 15 is 0 Å². The van der Waals surface area contributed by atoms with E-state index in [2.05, 4.69) is 22.5 Å². The van der Waals surface area contributed by atoms with Crippen molar-refractivity contribution in [2.75, 3.05) is 32.7 Å². The molecule has 2 aliphatic rings. The van der Waals surface area contributed by atoms with Crippen molar-refractivity contribution in [2.24, 2.45) is 0 Å². The highest BCUT2D eigenvalue weighted by molar-refractivity contribution is 7.10. The summed E-state index contributed by atoms with van der Waals surface area (Å²) in [5, 5.41) is 5.07. The molecule has 6 heteroatoms. The zero-order chi connectivity index (χ0) is 17.8. The average molecular weight is 364 g/mol. The van der Waals surface area contributed by atoms with Gasteiger partial charge < -0.3 is 10.2 Å². The van der Waals surface area contributed by atoms with Gasteiger partial charge in [0.05, 0.1) is 12.1 Å². The number of nitrogens with zero attached hydrogens (tertiary/aromatic N) is 2. The standard InChI is InChI=1S/C19H29N3O2S/c1-3-14(2)20-18(23)12-21-8-10-22(11-9-21)19(24)16-13-25-17-7-5-4-6-15(16)17/h13-14H,3-12H2,1-2H3,(H,20,23). The van der Waals surface area contributed by atoms with E-state index in [4.69, 9.17) is 0 Å². The van der Waals surface area contributed by atoms with Gasteiger partial charge in [0.25, 0.3) is 5.91 Å². The first-order valence-corrected chi connectivity index (χ1v) is 10.4. The monoisotopic (exact) mass is 363 g/mol. The van der Waals surface area contributed by atoms with Crippen molar-refractivity contribution in [2.45, 2.75) is 52.0 Å². The number of aryl methyl sites for hydroxylation is 1. The summed E-state index contributed by atoms with van der Waals surface area (Å²) in [5.74, 6) is 0.268. The molecular weight excluding hydrogens is 334 g/mol. The van der Waals surface area contributed by atoms with Gasteiger partial charge in [0.15, 0.2) is 0 Å². The summed E-state index contributed by atoms with van der Waals surface area (Å²) in [6, 6.07) is 0.222. The maximum Gasteiger partial charge on any atom is 0.255 e. The van der Waals surface area contributed by atoms with Crippen LogP contribution in [0.25, 0.3) is 0 Å². The van der Waals surface area contributed by atoms with Crippen LogP contribution in [0.3, 0.4) is 0 Å². The van der Waals surface area contributed by atoms with Gasteiger partial charge in [0.1, 0.15) is 0 Å². The molecule has 0 spiro atoms. The highest BCUT2D eigenvalue weighted by atomic mass is 32.1. The second-order valence-corrected chi connectivity index (χ2v) is 8.17. The van der Waals surface area contributed by atoms with E-state index < -0.39 is 0 Å². The summed E-state index contributed by atoms with van der Waals surface area (Å²) in [5.41, 5.74) is 2.24. The Bertz CT molecular complexity index is 620. The molecule has 1 fully saturated rings. The third kappa shape index (κ3) is 4.42. The summed E-state index contributed by atoms with van der Waals surface area (Å²) in [4.78, 5) is 30.4. The quantitative estimate of drug-likeness (QED) is 0.873. The number of hydrogen-bond donors (Lipinski definition) is 1. The fraction of sp³-hybridized carbons (Fsp3) is 0.684. The molecule has 1 aliphatic heterocycles. The molecule has 1 N–H and O–H groups in total. The van der Waals surface area contributed by atoms with Crippen LogP contribution in [0.2, 0.25) is 0 Å². The number of hydrogen-bond acceptors (Lipinski definition) is 4. The van der Waals surface area contributed by atoms with Crippen molar-refractivity contribution in [3.8, 4) is 0 Å². The molecule has 2 amide bonds. The fourth-order valence-corrected chi connectivity index (χ4v) is 4.70. The largest absolute Gasteiger partial charge is 0.353 e. The molecule has 0 bridgehead atoms. The van der Waals surface area contributed by atoms with Crippen molar-refractivity contribution in [1.82, 2.24) is 15.1 Å². The normalized spacial score (nSPS) is 19.4. The van der Waals surface area contributed by atoms with E-state index in [1.807, 2.05) is 11.8 Å². The van der Waals surface area contributed by atoms with Crippen LogP contribution in [-0.2, 0) is 17.6 Å². The molecule has 1 aromatic heterocycles. The molecule has 3 rings (SSSR count). The van der Waals surface area contributed by atoms with Crippen LogP contribution in [0, 0.1) is 0 Å². The number of amides is 2. The SMILES string of the molecule is CCC(C)NC(=O)CN1CCN(C(=O)c2csc3c2CCCC3)CC1. The second-order valence-electron chi connectivity index (χ2n) is 7.20. The van der Waals surface area contributed by atoms with Gasteiger partial charge >= 0.3 is 0 Å². The summed E-state index contributed by atoms with van der Waals surface area (Å²) >= 11 is 1.75. The first kappa shape index (κ1) is 18.4. The highest BCUT2D eigenvalue weighted by Gasteiger charge is 2.27. The van der Waals surface area contributed by atoms with Crippen molar-refractivity contribution >= 4 is 23.2 Å². The van der Waals surface area contributed by atoms with Crippen molar-refractivity contribution < 1.29 is 9.59 Å². The third-order valence-corrected chi connectivity index (χ3v) is 6.43. The Morgan fingerprint density at radius 1 is 1.20 bits per heavy atom. The first-order chi connectivity index (χ1) is 12.1. The van der Waals surface area contributed by atoms with E-state index in [1.54, 1.807) is 11.3 Å². The lowest BCUT2D eigenvalue weighted by Gasteiger charge is -2.34. The molecule has 0 aromatic carbocycles. The summed E-state index contributed by atoms with van der Waals surface area (Å²) in [7, 11) is 0. The Morgan fingerprint density at radius 3 is 2.64 bits per heavy atom. The molecule has 1 atom stereocenters. The minimum absolute atomic E-state index is 0.0843. The van der Waals surface area contributed by atoms with Gasteiger partial charge in [-0.2, -0.15) is 0 Å². The predicted molar refractivity (Wildman–Crippen MR) is 101 cm³/mol. The van der Waals surface area contributed by atoms with Gasteiger partial charge in [0, 0.05) is 42.5 Å². The lowest BCUT2D eigenvalue weighted by Crippen LogP contribution is -2.51. The Balaban J connectivity index is 1.51. The third-order valence-electron chi connectivity index (χ3n) is 5.34. The van der Waals surface area contributed by atoms with Crippen molar-refractivity contribution in [3.05, 3.63) is 21.4 Å². The molecule has 1 aromatic rings. The molecule has 138 valence electrons. The van der Waals surface area contributed by atoms with Gasteiger partial charge in [-0.3, -0.25) is 14.5 Å². The average Bonchev–Trinajstić information content (AvgIpc) is 3.05. The van der Waals surface area contributed by atoms with Crippen LogP contribution in [-0.4, -0.2) is 60.4 Å². The number of carbonyl (C=O) groups is 2. The fourth-order valence-electron chi connectivity index (χ4n) is 3.58. The number of thiophene rings is 1. The molecule has 5 nitrogen and oxygen atoms in total. The Labute approximate surface area is 154 Å². The smallest absolute Gasteiger partial charge is 0.255 e. The van der Waals surface area contributed by atoms with Gasteiger partial charge in [-0.1, -0.05) is 6.92 Å². The second kappa shape index (κ2) is 8.32. The highest BCUT2D eigenvalue weighted by Crippen LogP contribution is 2.31. The van der Waals surface area contributed by atoms with Crippen LogP contribution >= 0.6 is 11.3 Å². The topological polar surface area (TPSA) is 52.7 Å². The Morgan fingerprint density at radius 2 is 1.92 bits per heavy atom. The van der Waals surface area contributed by atoms with Crippen LogP contribution in [0.5, 0.6) is 0 Å². The van der Waals surface area contributed by atoms with E-state index in [0.29, 0.717) is 19.6 Å². The van der Waals surface area contributed by atoms with E-state index in [-0.39, 0.29) is 17.9 Å². The van der Waals surface area contributed by atoms with Gasteiger partial charge in [0.2, 0.25) is 5.91 Å². The molecule has 1 saturated heterocycles. The van der Waals surface area contributed by atoms with Gasteiger partial charge in [-0.25, -0.2) is 0 Å². The number of rotatable bonds is 5. The minimum atomic E-state index is 0.0843. The van der Waals surface area contributed by atoms with Crippen LogP contribution < -0.4 is 5.32 Å². The molecule has 1 aliphatic carbocycles. The molecular formula is C19H29N3O2S. The van der Waals surface area contributed by atoms with Crippen molar-refractivity contribution in [1.29, 1.82) is 0 Å². The summed E-state index contributed by atoms with van der Waals surface area (Å²) in [6.07, 6.45) is 5.57. The molecule has 25 heavy (non-hydrogen) atoms. The van der Waals surface area contributed by atoms with Crippen LogP contribution in [0.1, 0.15) is 53.9 Å². The number of carbonyl (C=O) groups excluding carboxylic acids is 2. The summed E-state index contributed by atoms with van der Waals surface area (Å²) < 4.78 is 0. The maximum atomic E-state index is 12.9. The van der Waals surface area contributed by atoms with Crippen LogP contribution in [0.4, 0.5) is 0 Å². The van der Waals surface area contributed by atoms with Crippen molar-refractivity contribution in [3.63, 3.8) is 0 Å². The lowest BCUT2D eigenvalue weighted by atomic mass is 9.95. The number of fused-ring (bicyclic) bond motifs is 1. The Hall–Kier alpha value is -1.40. The maximum absolute atomic E-state index is 12.9. The summed E-state index contributed by atoms with van der Waals surface area (Å²) in [6.45, 7) is 7.48. The van der Waals surface area contributed by atoms with E-state index in [0.717, 1.165) is 37.9 Å². The molecule has 0 radical (unpaired) electrons. The number of piperazine rings is 1. The van der Waals surface area contributed by atoms with Gasteiger partial charge in [-0.15, -0.1) is 11.3 Å². The Kier molecular flexibility index (Phi) is 6.12. The predicted octanol–water partition coefficient (Wildman–Crippen LogP) is 2.30. The molecule has 0 saturated carbocycles.